The van der Waals surface area contributed by atoms with E-state index in [1.807, 2.05) is 43.3 Å². The van der Waals surface area contributed by atoms with Crippen molar-refractivity contribution in [1.82, 2.24) is 4.98 Å². The molecule has 0 atom stereocenters. The Kier molecular flexibility index (Phi) is 5.96. The van der Waals surface area contributed by atoms with Crippen molar-refractivity contribution in [3.8, 4) is 5.75 Å². The SMILES string of the molecule is Cc1cc(Nc2ccccn2)cc(OCCc2c(Cl)ccc(F)c2Cl)c1. The van der Waals surface area contributed by atoms with Crippen LogP contribution >= 0.6 is 23.2 Å². The first-order valence-electron chi connectivity index (χ1n) is 8.08. The van der Waals surface area contributed by atoms with Crippen LogP contribution in [0.4, 0.5) is 15.9 Å². The number of rotatable bonds is 6. The lowest BCUT2D eigenvalue weighted by atomic mass is 10.1. The molecule has 2 aromatic carbocycles. The van der Waals surface area contributed by atoms with Crippen molar-refractivity contribution in [2.24, 2.45) is 0 Å². The van der Waals surface area contributed by atoms with E-state index in [2.05, 4.69) is 10.3 Å². The summed E-state index contributed by atoms with van der Waals surface area (Å²) in [6.07, 6.45) is 2.13. The minimum absolute atomic E-state index is 0.0443. The summed E-state index contributed by atoms with van der Waals surface area (Å²) < 4.78 is 19.4. The standard InChI is InChI=1S/C20H17Cl2FN2O/c1-13-10-14(25-19-4-2-3-8-24-19)12-15(11-13)26-9-7-16-17(21)5-6-18(23)20(16)22/h2-6,8,10-12H,7,9H2,1H3,(H,24,25). The Bertz CT molecular complexity index is 904. The molecule has 6 heteroatoms. The predicted octanol–water partition coefficient (Wildman–Crippen LogP) is 6.20. The summed E-state index contributed by atoms with van der Waals surface area (Å²) in [6.45, 7) is 2.31. The highest BCUT2D eigenvalue weighted by atomic mass is 35.5. The highest BCUT2D eigenvalue weighted by Crippen LogP contribution is 2.28. The van der Waals surface area contributed by atoms with E-state index in [1.165, 1.54) is 12.1 Å². The van der Waals surface area contributed by atoms with Gasteiger partial charge in [-0.25, -0.2) is 9.37 Å². The number of hydrogen-bond acceptors (Lipinski definition) is 3. The maximum absolute atomic E-state index is 13.6. The molecule has 0 saturated carbocycles. The molecule has 0 aliphatic rings. The van der Waals surface area contributed by atoms with Gasteiger partial charge in [-0.1, -0.05) is 29.3 Å². The second-order valence-electron chi connectivity index (χ2n) is 5.79. The number of hydrogen-bond donors (Lipinski definition) is 1. The normalized spacial score (nSPS) is 10.6. The van der Waals surface area contributed by atoms with E-state index in [9.17, 15) is 4.39 Å². The van der Waals surface area contributed by atoms with Crippen LogP contribution in [0.25, 0.3) is 0 Å². The Morgan fingerprint density at radius 3 is 2.73 bits per heavy atom. The number of halogens is 3. The van der Waals surface area contributed by atoms with Gasteiger partial charge in [-0.05, 0) is 54.4 Å². The summed E-state index contributed by atoms with van der Waals surface area (Å²) >= 11 is 12.1. The maximum Gasteiger partial charge on any atom is 0.142 e. The van der Waals surface area contributed by atoms with E-state index < -0.39 is 5.82 Å². The zero-order valence-electron chi connectivity index (χ0n) is 14.1. The van der Waals surface area contributed by atoms with Crippen molar-refractivity contribution >= 4 is 34.7 Å². The van der Waals surface area contributed by atoms with Gasteiger partial charge in [0.05, 0.1) is 11.6 Å². The number of aromatic nitrogens is 1. The van der Waals surface area contributed by atoms with Crippen molar-refractivity contribution in [2.75, 3.05) is 11.9 Å². The molecule has 0 radical (unpaired) electrons. The molecule has 0 amide bonds. The average molecular weight is 391 g/mol. The molecule has 0 saturated heterocycles. The van der Waals surface area contributed by atoms with Crippen LogP contribution in [0.3, 0.4) is 0 Å². The first kappa shape index (κ1) is 18.5. The Labute approximate surface area is 161 Å². The summed E-state index contributed by atoms with van der Waals surface area (Å²) in [6, 6.07) is 14.2. The molecule has 3 rings (SSSR count). The number of aryl methyl sites for hydroxylation is 1. The van der Waals surface area contributed by atoms with Gasteiger partial charge in [-0.3, -0.25) is 0 Å². The van der Waals surface area contributed by atoms with Gasteiger partial charge in [0, 0.05) is 29.4 Å². The van der Waals surface area contributed by atoms with Crippen LogP contribution in [0.5, 0.6) is 5.75 Å². The van der Waals surface area contributed by atoms with Gasteiger partial charge < -0.3 is 10.1 Å². The highest BCUT2D eigenvalue weighted by molar-refractivity contribution is 6.36. The molecule has 0 fully saturated rings. The van der Waals surface area contributed by atoms with Gasteiger partial charge in [-0.15, -0.1) is 0 Å². The Morgan fingerprint density at radius 1 is 1.12 bits per heavy atom. The van der Waals surface area contributed by atoms with E-state index in [1.54, 1.807) is 6.20 Å². The van der Waals surface area contributed by atoms with E-state index in [4.69, 9.17) is 27.9 Å². The summed E-state index contributed by atoms with van der Waals surface area (Å²) in [5, 5.41) is 3.71. The minimum atomic E-state index is -0.483. The topological polar surface area (TPSA) is 34.2 Å². The third kappa shape index (κ3) is 4.65. The number of nitrogens with one attached hydrogen (secondary N) is 1. The van der Waals surface area contributed by atoms with Crippen molar-refractivity contribution in [2.45, 2.75) is 13.3 Å². The Hall–Kier alpha value is -2.30. The number of pyridine rings is 1. The zero-order chi connectivity index (χ0) is 18.5. The molecule has 0 spiro atoms. The van der Waals surface area contributed by atoms with Gasteiger partial charge in [0.2, 0.25) is 0 Å². The van der Waals surface area contributed by atoms with E-state index in [0.29, 0.717) is 29.4 Å². The van der Waals surface area contributed by atoms with Gasteiger partial charge in [0.15, 0.2) is 0 Å². The lowest BCUT2D eigenvalue weighted by molar-refractivity contribution is 0.322. The third-order valence-electron chi connectivity index (χ3n) is 3.75. The van der Waals surface area contributed by atoms with Crippen LogP contribution in [0, 0.1) is 12.7 Å². The summed E-state index contributed by atoms with van der Waals surface area (Å²) in [7, 11) is 0. The Morgan fingerprint density at radius 2 is 1.96 bits per heavy atom. The molecule has 1 aromatic heterocycles. The minimum Gasteiger partial charge on any atom is -0.493 e. The molecule has 1 heterocycles. The van der Waals surface area contributed by atoms with Crippen molar-refractivity contribution in [3.05, 3.63) is 81.7 Å². The van der Waals surface area contributed by atoms with Crippen molar-refractivity contribution < 1.29 is 9.13 Å². The van der Waals surface area contributed by atoms with E-state index in [0.717, 1.165) is 17.1 Å². The summed E-state index contributed by atoms with van der Waals surface area (Å²) in [5.41, 5.74) is 2.47. The monoisotopic (exact) mass is 390 g/mol. The van der Waals surface area contributed by atoms with Gasteiger partial charge in [0.1, 0.15) is 17.4 Å². The summed E-state index contributed by atoms with van der Waals surface area (Å²) in [5.74, 6) is 0.970. The zero-order valence-corrected chi connectivity index (χ0v) is 15.6. The van der Waals surface area contributed by atoms with Crippen molar-refractivity contribution in [1.29, 1.82) is 0 Å². The molecular weight excluding hydrogens is 374 g/mol. The quantitative estimate of drug-likeness (QED) is 0.508. The molecule has 1 N–H and O–H groups in total. The number of anilines is 2. The Balaban J connectivity index is 1.68. The highest BCUT2D eigenvalue weighted by Gasteiger charge is 2.11. The lowest BCUT2D eigenvalue weighted by Crippen LogP contribution is -2.04. The van der Waals surface area contributed by atoms with Crippen LogP contribution in [0.1, 0.15) is 11.1 Å². The van der Waals surface area contributed by atoms with Crippen LogP contribution in [-0.4, -0.2) is 11.6 Å². The molecule has 0 bridgehead atoms. The molecule has 3 aromatic rings. The first-order chi connectivity index (χ1) is 12.5. The van der Waals surface area contributed by atoms with Crippen LogP contribution in [0.15, 0.2) is 54.7 Å². The predicted molar refractivity (Wildman–Crippen MR) is 104 cm³/mol. The van der Waals surface area contributed by atoms with Crippen LogP contribution in [0.2, 0.25) is 10.0 Å². The number of ether oxygens (including phenoxy) is 1. The molecule has 26 heavy (non-hydrogen) atoms. The fourth-order valence-corrected chi connectivity index (χ4v) is 3.12. The lowest BCUT2D eigenvalue weighted by Gasteiger charge is -2.12. The van der Waals surface area contributed by atoms with Crippen LogP contribution < -0.4 is 10.1 Å². The van der Waals surface area contributed by atoms with E-state index >= 15 is 0 Å². The summed E-state index contributed by atoms with van der Waals surface area (Å²) in [4.78, 5) is 4.25. The molecule has 0 unspecified atom stereocenters. The molecule has 3 nitrogen and oxygen atoms in total. The van der Waals surface area contributed by atoms with Crippen molar-refractivity contribution in [3.63, 3.8) is 0 Å². The molecular formula is C20H17Cl2FN2O. The molecule has 134 valence electrons. The second kappa shape index (κ2) is 8.39. The second-order valence-corrected chi connectivity index (χ2v) is 6.58. The molecule has 0 aliphatic heterocycles. The van der Waals surface area contributed by atoms with Crippen LogP contribution in [-0.2, 0) is 6.42 Å². The fraction of sp³-hybridized carbons (Fsp3) is 0.150. The van der Waals surface area contributed by atoms with Gasteiger partial charge in [-0.2, -0.15) is 0 Å². The molecule has 0 aliphatic carbocycles. The van der Waals surface area contributed by atoms with Gasteiger partial charge >= 0.3 is 0 Å². The average Bonchev–Trinajstić information content (AvgIpc) is 2.62. The first-order valence-corrected chi connectivity index (χ1v) is 8.83. The smallest absolute Gasteiger partial charge is 0.142 e. The number of benzene rings is 2. The fourth-order valence-electron chi connectivity index (χ4n) is 2.56. The van der Waals surface area contributed by atoms with Gasteiger partial charge in [0.25, 0.3) is 0 Å². The van der Waals surface area contributed by atoms with E-state index in [-0.39, 0.29) is 5.02 Å². The number of nitrogens with zero attached hydrogens (tertiary/aromatic N) is 1. The third-order valence-corrected chi connectivity index (χ3v) is 4.51. The maximum atomic E-state index is 13.6. The largest absolute Gasteiger partial charge is 0.493 e.